The highest BCUT2D eigenvalue weighted by molar-refractivity contribution is 5.30. The first-order valence-electron chi connectivity index (χ1n) is 6.19. The zero-order chi connectivity index (χ0) is 12.4. The normalized spacial score (nSPS) is 14.9. The van der Waals surface area contributed by atoms with E-state index in [-0.39, 0.29) is 5.82 Å². The molecule has 94 valence electrons. The summed E-state index contributed by atoms with van der Waals surface area (Å²) in [7, 11) is 0. The molecule has 3 rings (SSSR count). The standard InChI is InChI=1S/C13H15FN4/c14-11-2-1-3-13(6-11)18-9-12(16-17-18)8-15-7-10-4-5-10/h1-3,6,9-10,15H,4-5,7-8H2. The van der Waals surface area contributed by atoms with Crippen molar-refractivity contribution < 1.29 is 4.39 Å². The lowest BCUT2D eigenvalue weighted by Gasteiger charge is -2.00. The molecule has 1 heterocycles. The van der Waals surface area contributed by atoms with Gasteiger partial charge in [0.2, 0.25) is 0 Å². The molecule has 1 saturated carbocycles. The van der Waals surface area contributed by atoms with Gasteiger partial charge in [0.25, 0.3) is 0 Å². The summed E-state index contributed by atoms with van der Waals surface area (Å²) in [4.78, 5) is 0. The van der Waals surface area contributed by atoms with Crippen molar-refractivity contribution in [2.75, 3.05) is 6.54 Å². The fourth-order valence-electron chi connectivity index (χ4n) is 1.85. The van der Waals surface area contributed by atoms with Gasteiger partial charge in [-0.3, -0.25) is 0 Å². The Labute approximate surface area is 105 Å². The minimum absolute atomic E-state index is 0.267. The van der Waals surface area contributed by atoms with Crippen molar-refractivity contribution in [3.8, 4) is 5.69 Å². The molecule has 2 aromatic rings. The average molecular weight is 246 g/mol. The summed E-state index contributed by atoms with van der Waals surface area (Å²) in [5, 5.41) is 11.4. The van der Waals surface area contributed by atoms with Gasteiger partial charge >= 0.3 is 0 Å². The second kappa shape index (κ2) is 4.86. The molecule has 0 radical (unpaired) electrons. The molecule has 1 aromatic heterocycles. The minimum Gasteiger partial charge on any atom is -0.311 e. The molecule has 0 saturated heterocycles. The first kappa shape index (κ1) is 11.3. The van der Waals surface area contributed by atoms with E-state index in [1.165, 1.54) is 25.0 Å². The molecule has 1 fully saturated rings. The second-order valence-corrected chi connectivity index (χ2v) is 4.71. The van der Waals surface area contributed by atoms with Crippen molar-refractivity contribution in [1.82, 2.24) is 20.3 Å². The monoisotopic (exact) mass is 246 g/mol. The van der Waals surface area contributed by atoms with Crippen LogP contribution in [0.2, 0.25) is 0 Å². The van der Waals surface area contributed by atoms with Crippen molar-refractivity contribution in [3.63, 3.8) is 0 Å². The maximum absolute atomic E-state index is 13.1. The molecule has 1 N–H and O–H groups in total. The largest absolute Gasteiger partial charge is 0.311 e. The topological polar surface area (TPSA) is 42.7 Å². The van der Waals surface area contributed by atoms with Crippen LogP contribution in [0.1, 0.15) is 18.5 Å². The molecule has 1 aromatic carbocycles. The summed E-state index contributed by atoms with van der Waals surface area (Å²) in [5.74, 6) is 0.583. The van der Waals surface area contributed by atoms with Crippen molar-refractivity contribution in [2.45, 2.75) is 19.4 Å². The van der Waals surface area contributed by atoms with E-state index in [2.05, 4.69) is 15.6 Å². The summed E-state index contributed by atoms with van der Waals surface area (Å²) >= 11 is 0. The SMILES string of the molecule is Fc1cccc(-n2cc(CNCC3CC3)nn2)c1. The molecule has 5 heteroatoms. The van der Waals surface area contributed by atoms with Gasteiger partial charge < -0.3 is 5.32 Å². The Bertz CT molecular complexity index is 533. The Morgan fingerprint density at radius 2 is 2.28 bits per heavy atom. The Balaban J connectivity index is 1.64. The number of nitrogens with one attached hydrogen (secondary N) is 1. The molecule has 0 bridgehead atoms. The van der Waals surface area contributed by atoms with Crippen LogP contribution in [-0.4, -0.2) is 21.5 Å². The van der Waals surface area contributed by atoms with Crippen LogP contribution in [0.25, 0.3) is 5.69 Å². The van der Waals surface area contributed by atoms with E-state index in [0.717, 1.165) is 18.2 Å². The molecule has 1 aliphatic rings. The van der Waals surface area contributed by atoms with Gasteiger partial charge in [-0.25, -0.2) is 9.07 Å². The summed E-state index contributed by atoms with van der Waals surface area (Å²) in [6.07, 6.45) is 4.50. The van der Waals surface area contributed by atoms with Crippen LogP contribution in [-0.2, 0) is 6.54 Å². The smallest absolute Gasteiger partial charge is 0.125 e. The highest BCUT2D eigenvalue weighted by Gasteiger charge is 2.20. The van der Waals surface area contributed by atoms with Crippen LogP contribution in [0.4, 0.5) is 4.39 Å². The predicted molar refractivity (Wildman–Crippen MR) is 65.7 cm³/mol. The number of hydrogen-bond donors (Lipinski definition) is 1. The van der Waals surface area contributed by atoms with Gasteiger partial charge in [-0.1, -0.05) is 11.3 Å². The first-order chi connectivity index (χ1) is 8.81. The fourth-order valence-corrected chi connectivity index (χ4v) is 1.85. The van der Waals surface area contributed by atoms with Gasteiger partial charge in [0.1, 0.15) is 5.82 Å². The molecule has 0 unspecified atom stereocenters. The molecular weight excluding hydrogens is 231 g/mol. The highest BCUT2D eigenvalue weighted by atomic mass is 19.1. The van der Waals surface area contributed by atoms with Crippen LogP contribution in [0.15, 0.2) is 30.5 Å². The third-order valence-electron chi connectivity index (χ3n) is 3.05. The number of nitrogens with zero attached hydrogens (tertiary/aromatic N) is 3. The van der Waals surface area contributed by atoms with Crippen molar-refractivity contribution in [1.29, 1.82) is 0 Å². The van der Waals surface area contributed by atoms with Gasteiger partial charge in [-0.2, -0.15) is 0 Å². The molecule has 18 heavy (non-hydrogen) atoms. The molecular formula is C13H15FN4. The van der Waals surface area contributed by atoms with Crippen LogP contribution < -0.4 is 5.32 Å². The Morgan fingerprint density at radius 3 is 3.06 bits per heavy atom. The van der Waals surface area contributed by atoms with Gasteiger partial charge in [-0.15, -0.1) is 5.10 Å². The average Bonchev–Trinajstić information content (AvgIpc) is 3.06. The zero-order valence-corrected chi connectivity index (χ0v) is 10.0. The quantitative estimate of drug-likeness (QED) is 0.876. The molecule has 1 aliphatic carbocycles. The summed E-state index contributed by atoms with van der Waals surface area (Å²) in [5.41, 5.74) is 1.57. The maximum atomic E-state index is 13.1. The third kappa shape index (κ3) is 2.73. The van der Waals surface area contributed by atoms with Crippen LogP contribution in [0, 0.1) is 11.7 Å². The van der Waals surface area contributed by atoms with E-state index < -0.39 is 0 Å². The molecule has 0 amide bonds. The number of aromatic nitrogens is 3. The van der Waals surface area contributed by atoms with Gasteiger partial charge in [0.15, 0.2) is 0 Å². The lowest BCUT2D eigenvalue weighted by Crippen LogP contribution is -2.16. The number of hydrogen-bond acceptors (Lipinski definition) is 3. The molecule has 0 atom stereocenters. The summed E-state index contributed by atoms with van der Waals surface area (Å²) < 4.78 is 14.7. The Hall–Kier alpha value is -1.75. The Morgan fingerprint density at radius 1 is 1.39 bits per heavy atom. The van der Waals surface area contributed by atoms with Crippen molar-refractivity contribution in [3.05, 3.63) is 42.0 Å². The van der Waals surface area contributed by atoms with E-state index in [1.807, 2.05) is 6.20 Å². The maximum Gasteiger partial charge on any atom is 0.125 e. The number of benzene rings is 1. The second-order valence-electron chi connectivity index (χ2n) is 4.71. The number of rotatable bonds is 5. The highest BCUT2D eigenvalue weighted by Crippen LogP contribution is 2.27. The summed E-state index contributed by atoms with van der Waals surface area (Å²) in [6.45, 7) is 1.76. The van der Waals surface area contributed by atoms with Crippen LogP contribution >= 0.6 is 0 Å². The fraction of sp³-hybridized carbons (Fsp3) is 0.385. The third-order valence-corrected chi connectivity index (χ3v) is 3.05. The lowest BCUT2D eigenvalue weighted by atomic mass is 10.3. The van der Waals surface area contributed by atoms with E-state index in [4.69, 9.17) is 0 Å². The van der Waals surface area contributed by atoms with Gasteiger partial charge in [-0.05, 0) is 43.5 Å². The Kier molecular flexibility index (Phi) is 3.06. The van der Waals surface area contributed by atoms with Crippen LogP contribution in [0.5, 0.6) is 0 Å². The van der Waals surface area contributed by atoms with Crippen molar-refractivity contribution >= 4 is 0 Å². The minimum atomic E-state index is -0.267. The summed E-state index contributed by atoms with van der Waals surface area (Å²) in [6, 6.07) is 6.32. The van der Waals surface area contributed by atoms with E-state index in [1.54, 1.807) is 16.8 Å². The lowest BCUT2D eigenvalue weighted by molar-refractivity contribution is 0.624. The van der Waals surface area contributed by atoms with Gasteiger partial charge in [0.05, 0.1) is 17.6 Å². The molecule has 0 aliphatic heterocycles. The van der Waals surface area contributed by atoms with E-state index >= 15 is 0 Å². The zero-order valence-electron chi connectivity index (χ0n) is 10.0. The molecule has 0 spiro atoms. The van der Waals surface area contributed by atoms with Crippen LogP contribution in [0.3, 0.4) is 0 Å². The predicted octanol–water partition coefficient (Wildman–Crippen LogP) is 1.91. The first-order valence-corrected chi connectivity index (χ1v) is 6.19. The molecule has 4 nitrogen and oxygen atoms in total. The van der Waals surface area contributed by atoms with E-state index in [9.17, 15) is 4.39 Å². The van der Waals surface area contributed by atoms with E-state index in [0.29, 0.717) is 12.2 Å². The van der Waals surface area contributed by atoms with Gasteiger partial charge in [0, 0.05) is 6.54 Å². The number of halogens is 1. The van der Waals surface area contributed by atoms with Crippen molar-refractivity contribution in [2.24, 2.45) is 5.92 Å².